The van der Waals surface area contributed by atoms with E-state index >= 15 is 0 Å². The number of carbonyl (C=O) groups is 1. The highest BCUT2D eigenvalue weighted by Gasteiger charge is 2.55. The monoisotopic (exact) mass is 272 g/mol. The van der Waals surface area contributed by atoms with Crippen molar-refractivity contribution in [3.8, 4) is 0 Å². The number of hydrogen-bond donors (Lipinski definition) is 0. The first-order valence-corrected chi connectivity index (χ1v) is 8.82. The Hall–Kier alpha value is -0.590. The normalized spacial score (nSPS) is 54.2. The van der Waals surface area contributed by atoms with Gasteiger partial charge in [0.05, 0.1) is 0 Å². The molecule has 0 saturated heterocycles. The van der Waals surface area contributed by atoms with Gasteiger partial charge < -0.3 is 0 Å². The molecule has 0 heterocycles. The quantitative estimate of drug-likeness (QED) is 0.629. The van der Waals surface area contributed by atoms with Crippen LogP contribution in [-0.4, -0.2) is 5.78 Å². The molecule has 0 bridgehead atoms. The van der Waals surface area contributed by atoms with Crippen LogP contribution in [0.1, 0.15) is 58.8 Å². The predicted molar refractivity (Wildman–Crippen MR) is 81.2 cm³/mol. The van der Waals surface area contributed by atoms with Gasteiger partial charge in [-0.2, -0.15) is 0 Å². The molecule has 0 aromatic heterocycles. The van der Waals surface area contributed by atoms with Crippen LogP contribution >= 0.6 is 0 Å². The van der Waals surface area contributed by atoms with E-state index in [1.165, 1.54) is 38.5 Å². The van der Waals surface area contributed by atoms with Gasteiger partial charge in [0.25, 0.3) is 0 Å². The lowest BCUT2D eigenvalue weighted by Gasteiger charge is -2.54. The molecule has 1 nitrogen and oxygen atoms in total. The van der Waals surface area contributed by atoms with E-state index in [0.717, 1.165) is 36.0 Å². The molecule has 3 fully saturated rings. The predicted octanol–water partition coefficient (Wildman–Crippen LogP) is 4.62. The summed E-state index contributed by atoms with van der Waals surface area (Å²) in [5.41, 5.74) is -0.0318. The topological polar surface area (TPSA) is 17.1 Å². The third-order valence-electron chi connectivity index (χ3n) is 7.49. The maximum absolute atomic E-state index is 12.2. The second kappa shape index (κ2) is 4.45. The van der Waals surface area contributed by atoms with Crippen LogP contribution in [-0.2, 0) is 4.79 Å². The van der Waals surface area contributed by atoms with Crippen LogP contribution in [0.15, 0.2) is 12.2 Å². The third-order valence-corrected chi connectivity index (χ3v) is 7.49. The molecule has 0 aromatic rings. The molecule has 20 heavy (non-hydrogen) atoms. The number of allylic oxidation sites excluding steroid dienone is 2. The van der Waals surface area contributed by atoms with E-state index in [2.05, 4.69) is 19.9 Å². The summed E-state index contributed by atoms with van der Waals surface area (Å²) in [4.78, 5) is 12.2. The van der Waals surface area contributed by atoms with Crippen molar-refractivity contribution in [2.24, 2.45) is 40.9 Å². The summed E-state index contributed by atoms with van der Waals surface area (Å²) in [6, 6.07) is 0. The SMILES string of the molecule is CC1CCC2C(CCC3C2CCC2(C)C(=O)C=CC32)C1. The van der Waals surface area contributed by atoms with Gasteiger partial charge in [-0.3, -0.25) is 4.79 Å². The minimum Gasteiger partial charge on any atom is -0.294 e. The zero-order valence-electron chi connectivity index (χ0n) is 13.0. The fraction of sp³-hybridized carbons (Fsp3) is 0.842. The maximum atomic E-state index is 12.2. The number of fused-ring (bicyclic) bond motifs is 5. The first kappa shape index (κ1) is 13.1. The van der Waals surface area contributed by atoms with E-state index in [-0.39, 0.29) is 5.41 Å². The highest BCUT2D eigenvalue weighted by Crippen LogP contribution is 2.60. The average molecular weight is 272 g/mol. The third kappa shape index (κ3) is 1.71. The molecule has 0 aliphatic heterocycles. The first-order chi connectivity index (χ1) is 9.59. The van der Waals surface area contributed by atoms with E-state index in [4.69, 9.17) is 0 Å². The van der Waals surface area contributed by atoms with E-state index in [1.54, 1.807) is 0 Å². The Morgan fingerprint density at radius 3 is 2.70 bits per heavy atom. The minimum absolute atomic E-state index is 0.0318. The van der Waals surface area contributed by atoms with Crippen molar-refractivity contribution in [1.29, 1.82) is 0 Å². The molecule has 4 aliphatic rings. The zero-order valence-corrected chi connectivity index (χ0v) is 13.0. The smallest absolute Gasteiger partial charge is 0.161 e. The van der Waals surface area contributed by atoms with Gasteiger partial charge in [0.1, 0.15) is 0 Å². The van der Waals surface area contributed by atoms with Gasteiger partial charge in [0.15, 0.2) is 5.78 Å². The molecule has 7 unspecified atom stereocenters. The molecule has 4 aliphatic carbocycles. The Morgan fingerprint density at radius 1 is 1.05 bits per heavy atom. The largest absolute Gasteiger partial charge is 0.294 e. The van der Waals surface area contributed by atoms with E-state index in [0.29, 0.717) is 11.7 Å². The second-order valence-electron chi connectivity index (χ2n) is 8.45. The highest BCUT2D eigenvalue weighted by atomic mass is 16.1. The van der Waals surface area contributed by atoms with E-state index < -0.39 is 0 Å². The number of rotatable bonds is 0. The molecular weight excluding hydrogens is 244 g/mol. The summed E-state index contributed by atoms with van der Waals surface area (Å²) >= 11 is 0. The van der Waals surface area contributed by atoms with Gasteiger partial charge >= 0.3 is 0 Å². The lowest BCUT2D eigenvalue weighted by Crippen LogP contribution is -2.48. The van der Waals surface area contributed by atoms with Crippen molar-refractivity contribution in [2.75, 3.05) is 0 Å². The standard InChI is InChI=1S/C19H28O/c1-12-3-5-14-13(11-12)4-6-16-15(14)9-10-19(2)17(16)7-8-18(19)20/h7-8,12-17H,3-6,9-11H2,1-2H3. The average Bonchev–Trinajstić information content (AvgIpc) is 2.74. The van der Waals surface area contributed by atoms with Crippen LogP contribution < -0.4 is 0 Å². The second-order valence-corrected chi connectivity index (χ2v) is 8.45. The Labute approximate surface area is 123 Å². The Morgan fingerprint density at radius 2 is 1.85 bits per heavy atom. The van der Waals surface area contributed by atoms with Crippen LogP contribution in [0.2, 0.25) is 0 Å². The molecule has 7 atom stereocenters. The summed E-state index contributed by atoms with van der Waals surface area (Å²) in [6.07, 6.45) is 13.9. The minimum atomic E-state index is -0.0318. The summed E-state index contributed by atoms with van der Waals surface area (Å²) in [5.74, 6) is 5.66. The zero-order chi connectivity index (χ0) is 13.9. The summed E-state index contributed by atoms with van der Waals surface area (Å²) in [6.45, 7) is 4.68. The molecule has 0 aromatic carbocycles. The van der Waals surface area contributed by atoms with Crippen molar-refractivity contribution in [1.82, 2.24) is 0 Å². The molecule has 0 spiro atoms. The van der Waals surface area contributed by atoms with E-state index in [1.807, 2.05) is 6.08 Å². The molecular formula is C19H28O. The lowest BCUT2D eigenvalue weighted by molar-refractivity contribution is -0.130. The number of hydrogen-bond acceptors (Lipinski definition) is 1. The van der Waals surface area contributed by atoms with Crippen LogP contribution in [0.25, 0.3) is 0 Å². The first-order valence-electron chi connectivity index (χ1n) is 8.82. The van der Waals surface area contributed by atoms with Crippen molar-refractivity contribution >= 4 is 5.78 Å². The fourth-order valence-electron chi connectivity index (χ4n) is 6.36. The Bertz CT molecular complexity index is 451. The number of ketones is 1. The van der Waals surface area contributed by atoms with Gasteiger partial charge in [-0.05, 0) is 80.1 Å². The van der Waals surface area contributed by atoms with Crippen LogP contribution in [0.5, 0.6) is 0 Å². The van der Waals surface area contributed by atoms with Crippen LogP contribution in [0.3, 0.4) is 0 Å². The summed E-state index contributed by atoms with van der Waals surface area (Å²) < 4.78 is 0. The van der Waals surface area contributed by atoms with Crippen molar-refractivity contribution in [3.63, 3.8) is 0 Å². The molecule has 0 N–H and O–H groups in total. The van der Waals surface area contributed by atoms with Crippen molar-refractivity contribution in [3.05, 3.63) is 12.2 Å². The summed E-state index contributed by atoms with van der Waals surface area (Å²) in [7, 11) is 0. The van der Waals surface area contributed by atoms with Gasteiger partial charge in [-0.25, -0.2) is 0 Å². The molecule has 110 valence electrons. The van der Waals surface area contributed by atoms with Gasteiger partial charge in [0, 0.05) is 5.41 Å². The molecule has 3 saturated carbocycles. The maximum Gasteiger partial charge on any atom is 0.161 e. The van der Waals surface area contributed by atoms with Crippen LogP contribution in [0.4, 0.5) is 0 Å². The lowest BCUT2D eigenvalue weighted by atomic mass is 9.50. The van der Waals surface area contributed by atoms with Gasteiger partial charge in [-0.15, -0.1) is 0 Å². The van der Waals surface area contributed by atoms with Crippen LogP contribution in [0, 0.1) is 40.9 Å². The number of carbonyl (C=O) groups excluding carboxylic acids is 1. The Balaban J connectivity index is 1.60. The molecule has 1 heteroatoms. The van der Waals surface area contributed by atoms with Crippen molar-refractivity contribution in [2.45, 2.75) is 58.8 Å². The molecule has 0 amide bonds. The molecule has 0 radical (unpaired) electrons. The van der Waals surface area contributed by atoms with Gasteiger partial charge in [0.2, 0.25) is 0 Å². The molecule has 4 rings (SSSR count). The van der Waals surface area contributed by atoms with E-state index in [9.17, 15) is 4.79 Å². The fourth-order valence-corrected chi connectivity index (χ4v) is 6.36. The van der Waals surface area contributed by atoms with Gasteiger partial charge in [-0.1, -0.05) is 26.3 Å². The Kier molecular flexibility index (Phi) is 2.91. The summed E-state index contributed by atoms with van der Waals surface area (Å²) in [5, 5.41) is 0. The highest BCUT2D eigenvalue weighted by molar-refractivity contribution is 5.97. The van der Waals surface area contributed by atoms with Crippen molar-refractivity contribution < 1.29 is 4.79 Å².